The Balaban J connectivity index is 1.42. The van der Waals surface area contributed by atoms with Crippen molar-refractivity contribution >= 4 is 23.1 Å². The molecule has 0 aliphatic carbocycles. The van der Waals surface area contributed by atoms with Crippen molar-refractivity contribution in [2.24, 2.45) is 5.92 Å². The van der Waals surface area contributed by atoms with Crippen LogP contribution in [0.3, 0.4) is 0 Å². The highest BCUT2D eigenvalue weighted by Gasteiger charge is 2.38. The first-order chi connectivity index (χ1) is 14.8. The summed E-state index contributed by atoms with van der Waals surface area (Å²) in [7, 11) is 0. The molecule has 3 aromatic heterocycles. The number of nitrogens with one attached hydrogen (secondary N) is 1. The molecular weight excluding hydrogens is 415 g/mol. The maximum Gasteiger partial charge on any atom is 0.453 e. The van der Waals surface area contributed by atoms with Gasteiger partial charge in [0.2, 0.25) is 5.91 Å². The maximum atomic E-state index is 13.1. The molecule has 0 unspecified atom stereocenters. The molecule has 0 radical (unpaired) electrons. The lowest BCUT2D eigenvalue weighted by molar-refractivity contribution is -0.146. The number of hydrogen-bond donors (Lipinski definition) is 1. The molecule has 1 fully saturated rings. The van der Waals surface area contributed by atoms with Gasteiger partial charge in [0.25, 0.3) is 11.4 Å². The number of rotatable bonds is 4. The largest absolute Gasteiger partial charge is 0.453 e. The Labute approximate surface area is 174 Å². The number of fused-ring (bicyclic) bond motifs is 1. The summed E-state index contributed by atoms with van der Waals surface area (Å²) >= 11 is 0. The summed E-state index contributed by atoms with van der Waals surface area (Å²) in [5, 5.41) is 13.6. The summed E-state index contributed by atoms with van der Waals surface area (Å²) < 4.78 is 41.4. The van der Waals surface area contributed by atoms with Crippen molar-refractivity contribution in [2.75, 3.05) is 23.3 Å². The predicted molar refractivity (Wildman–Crippen MR) is 106 cm³/mol. The van der Waals surface area contributed by atoms with E-state index in [1.54, 1.807) is 18.3 Å². The average Bonchev–Trinajstić information content (AvgIpc) is 3.19. The molecular formula is C19H20F3N7O2. The Morgan fingerprint density at radius 3 is 2.58 bits per heavy atom. The van der Waals surface area contributed by atoms with E-state index in [0.29, 0.717) is 48.5 Å². The van der Waals surface area contributed by atoms with Crippen molar-refractivity contribution in [3.63, 3.8) is 0 Å². The van der Waals surface area contributed by atoms with Gasteiger partial charge in [0, 0.05) is 37.8 Å². The van der Waals surface area contributed by atoms with Crippen LogP contribution in [0.15, 0.2) is 35.3 Å². The zero-order valence-corrected chi connectivity index (χ0v) is 16.6. The maximum absolute atomic E-state index is 13.1. The molecule has 0 spiro atoms. The normalized spacial score (nSPS) is 15.4. The van der Waals surface area contributed by atoms with E-state index in [0.717, 1.165) is 0 Å². The molecule has 0 aromatic carbocycles. The lowest BCUT2D eigenvalue weighted by Crippen LogP contribution is -2.39. The summed E-state index contributed by atoms with van der Waals surface area (Å²) in [5.41, 5.74) is 0.423. The van der Waals surface area contributed by atoms with Crippen LogP contribution >= 0.6 is 0 Å². The van der Waals surface area contributed by atoms with Gasteiger partial charge in [-0.05, 0) is 38.0 Å². The molecule has 1 N–H and O–H groups in total. The molecule has 9 nitrogen and oxygen atoms in total. The second kappa shape index (κ2) is 8.00. The number of anilines is 2. The number of halogens is 3. The number of piperidine rings is 1. The summed E-state index contributed by atoms with van der Waals surface area (Å²) in [5.74, 6) is -1.20. The van der Waals surface area contributed by atoms with E-state index in [2.05, 4.69) is 20.6 Å². The summed E-state index contributed by atoms with van der Waals surface area (Å²) in [6.45, 7) is 3.27. The third-order valence-electron chi connectivity index (χ3n) is 5.28. The Kier molecular flexibility index (Phi) is 5.38. The summed E-state index contributed by atoms with van der Waals surface area (Å²) in [4.78, 5) is 26.1. The van der Waals surface area contributed by atoms with Crippen LogP contribution in [0.5, 0.6) is 0 Å². The first kappa shape index (κ1) is 20.8. The number of nitrogens with zero attached hydrogens (tertiary/aromatic N) is 6. The van der Waals surface area contributed by atoms with Crippen LogP contribution in [0.2, 0.25) is 0 Å². The number of amides is 1. The zero-order chi connectivity index (χ0) is 22.2. The van der Waals surface area contributed by atoms with Gasteiger partial charge in [-0.15, -0.1) is 15.3 Å². The molecule has 1 aliphatic rings. The highest BCUT2D eigenvalue weighted by atomic mass is 19.4. The fourth-order valence-corrected chi connectivity index (χ4v) is 3.59. The Hall–Kier alpha value is -3.44. The average molecular weight is 435 g/mol. The molecule has 0 atom stereocenters. The van der Waals surface area contributed by atoms with E-state index in [-0.39, 0.29) is 23.0 Å². The SMILES string of the molecule is CCn1cc(NC(=O)C2CCN(c3ccc4nnc(C(F)(F)F)n4n3)CC2)ccc1=O. The van der Waals surface area contributed by atoms with Gasteiger partial charge < -0.3 is 14.8 Å². The monoisotopic (exact) mass is 435 g/mol. The minimum atomic E-state index is -4.66. The van der Waals surface area contributed by atoms with Crippen molar-refractivity contribution < 1.29 is 18.0 Å². The van der Waals surface area contributed by atoms with Crippen molar-refractivity contribution in [3.05, 3.63) is 46.6 Å². The van der Waals surface area contributed by atoms with Gasteiger partial charge in [0.15, 0.2) is 5.65 Å². The van der Waals surface area contributed by atoms with Gasteiger partial charge >= 0.3 is 6.18 Å². The van der Waals surface area contributed by atoms with Gasteiger partial charge in [-0.1, -0.05) is 0 Å². The molecule has 4 heterocycles. The van der Waals surface area contributed by atoms with Crippen LogP contribution in [0.4, 0.5) is 24.7 Å². The van der Waals surface area contributed by atoms with Crippen LogP contribution < -0.4 is 15.8 Å². The second-order valence-corrected chi connectivity index (χ2v) is 7.28. The van der Waals surface area contributed by atoms with Crippen molar-refractivity contribution in [3.8, 4) is 0 Å². The van der Waals surface area contributed by atoms with Gasteiger partial charge in [0.1, 0.15) is 5.82 Å². The molecule has 1 aliphatic heterocycles. The van der Waals surface area contributed by atoms with Crippen molar-refractivity contribution in [2.45, 2.75) is 32.5 Å². The van der Waals surface area contributed by atoms with Gasteiger partial charge in [0.05, 0.1) is 5.69 Å². The lowest BCUT2D eigenvalue weighted by atomic mass is 9.96. The highest BCUT2D eigenvalue weighted by Crippen LogP contribution is 2.29. The molecule has 0 saturated carbocycles. The molecule has 3 aromatic rings. The van der Waals surface area contributed by atoms with Gasteiger partial charge in [-0.25, -0.2) is 0 Å². The van der Waals surface area contributed by atoms with E-state index in [1.807, 2.05) is 11.8 Å². The molecule has 12 heteroatoms. The third-order valence-corrected chi connectivity index (χ3v) is 5.28. The fourth-order valence-electron chi connectivity index (χ4n) is 3.59. The fraction of sp³-hybridized carbons (Fsp3) is 0.421. The van der Waals surface area contributed by atoms with Crippen LogP contribution in [-0.4, -0.2) is 43.4 Å². The van der Waals surface area contributed by atoms with Crippen molar-refractivity contribution in [1.82, 2.24) is 24.4 Å². The molecule has 1 saturated heterocycles. The molecule has 4 rings (SSSR count). The number of alkyl halides is 3. The van der Waals surface area contributed by atoms with Crippen LogP contribution in [0.1, 0.15) is 25.6 Å². The van der Waals surface area contributed by atoms with Crippen LogP contribution in [0.25, 0.3) is 5.65 Å². The number of aryl methyl sites for hydroxylation is 1. The highest BCUT2D eigenvalue weighted by molar-refractivity contribution is 5.92. The molecule has 164 valence electrons. The van der Waals surface area contributed by atoms with Crippen molar-refractivity contribution in [1.29, 1.82) is 0 Å². The molecule has 0 bridgehead atoms. The Morgan fingerprint density at radius 2 is 1.90 bits per heavy atom. The smallest absolute Gasteiger partial charge is 0.355 e. The third kappa shape index (κ3) is 4.23. The zero-order valence-electron chi connectivity index (χ0n) is 16.6. The summed E-state index contributed by atoms with van der Waals surface area (Å²) in [6, 6.07) is 6.01. The first-order valence-electron chi connectivity index (χ1n) is 9.82. The minimum absolute atomic E-state index is 0.0127. The number of pyridine rings is 1. The van der Waals surface area contributed by atoms with Crippen LogP contribution in [-0.2, 0) is 17.5 Å². The van der Waals surface area contributed by atoms with E-state index in [9.17, 15) is 22.8 Å². The van der Waals surface area contributed by atoms with Crippen LogP contribution in [0, 0.1) is 5.92 Å². The summed E-state index contributed by atoms with van der Waals surface area (Å²) in [6.07, 6.45) is -2.01. The standard InChI is InChI=1S/C19H20F3N7O2/c1-2-27-11-13(3-6-16(27)30)23-17(31)12-7-9-28(10-8-12)15-5-4-14-24-25-18(19(20,21)22)29(14)26-15/h3-6,11-12H,2,7-10H2,1H3,(H,23,31). The van der Waals surface area contributed by atoms with E-state index in [1.165, 1.54) is 16.7 Å². The Bertz CT molecular complexity index is 1160. The van der Waals surface area contributed by atoms with Gasteiger partial charge in [-0.3, -0.25) is 9.59 Å². The predicted octanol–water partition coefficient (Wildman–Crippen LogP) is 2.18. The van der Waals surface area contributed by atoms with E-state index in [4.69, 9.17) is 0 Å². The molecule has 1 amide bonds. The molecule has 31 heavy (non-hydrogen) atoms. The number of carbonyl (C=O) groups excluding carboxylic acids is 1. The quantitative estimate of drug-likeness (QED) is 0.675. The number of hydrogen-bond acceptors (Lipinski definition) is 6. The van der Waals surface area contributed by atoms with Gasteiger partial charge in [-0.2, -0.15) is 17.7 Å². The first-order valence-corrected chi connectivity index (χ1v) is 9.82. The lowest BCUT2D eigenvalue weighted by Gasteiger charge is -2.32. The second-order valence-electron chi connectivity index (χ2n) is 7.28. The van der Waals surface area contributed by atoms with E-state index >= 15 is 0 Å². The minimum Gasteiger partial charge on any atom is -0.355 e. The number of aromatic nitrogens is 5. The topological polar surface area (TPSA) is 97.4 Å². The number of carbonyl (C=O) groups is 1. The van der Waals surface area contributed by atoms with E-state index < -0.39 is 12.0 Å². The Morgan fingerprint density at radius 1 is 1.16 bits per heavy atom.